The molecule has 0 saturated carbocycles. The van der Waals surface area contributed by atoms with Crippen LogP contribution in [0.5, 0.6) is 0 Å². The van der Waals surface area contributed by atoms with Gasteiger partial charge in [-0.2, -0.15) is 0 Å². The van der Waals surface area contributed by atoms with E-state index in [1.807, 2.05) is 4.90 Å². The van der Waals surface area contributed by atoms with Crippen LogP contribution in [-0.4, -0.2) is 66.0 Å². The molecular formula is C11H15N3O5S. The molecule has 3 N–H and O–H groups in total. The predicted octanol–water partition coefficient (Wildman–Crippen LogP) is -0.845. The van der Waals surface area contributed by atoms with Crippen molar-refractivity contribution in [2.45, 2.75) is 6.04 Å². The minimum atomic E-state index is -1.32. The third-order valence-electron chi connectivity index (χ3n) is 2.79. The number of ether oxygens (including phenoxy) is 1. The number of nitrogens with one attached hydrogen (secondary N) is 1. The van der Waals surface area contributed by atoms with E-state index in [4.69, 9.17) is 14.9 Å². The third kappa shape index (κ3) is 3.44. The molecule has 1 aliphatic heterocycles. The van der Waals surface area contributed by atoms with Crippen molar-refractivity contribution in [2.24, 2.45) is 0 Å². The van der Waals surface area contributed by atoms with Crippen LogP contribution in [0.15, 0.2) is 5.38 Å². The molecule has 20 heavy (non-hydrogen) atoms. The summed E-state index contributed by atoms with van der Waals surface area (Å²) >= 11 is 1.32. The molecule has 8 nitrogen and oxygen atoms in total. The Hall–Kier alpha value is -1.71. The van der Waals surface area contributed by atoms with Gasteiger partial charge in [0.2, 0.25) is 0 Å². The fraction of sp³-hybridized carbons (Fsp3) is 0.545. The van der Waals surface area contributed by atoms with Gasteiger partial charge in [0.15, 0.2) is 11.2 Å². The van der Waals surface area contributed by atoms with Gasteiger partial charge < -0.3 is 25.2 Å². The van der Waals surface area contributed by atoms with E-state index >= 15 is 0 Å². The van der Waals surface area contributed by atoms with Gasteiger partial charge in [-0.05, 0) is 0 Å². The summed E-state index contributed by atoms with van der Waals surface area (Å²) in [7, 11) is 0. The average molecular weight is 301 g/mol. The van der Waals surface area contributed by atoms with E-state index in [9.17, 15) is 9.59 Å². The summed E-state index contributed by atoms with van der Waals surface area (Å²) in [5, 5.41) is 22.1. The quantitative estimate of drug-likeness (QED) is 0.649. The molecule has 110 valence electrons. The first kappa shape index (κ1) is 14.7. The number of carbonyl (C=O) groups excluding carboxylic acids is 1. The van der Waals surface area contributed by atoms with Crippen LogP contribution in [-0.2, 0) is 9.53 Å². The Morgan fingerprint density at radius 2 is 2.20 bits per heavy atom. The lowest BCUT2D eigenvalue weighted by Gasteiger charge is -2.25. The highest BCUT2D eigenvalue weighted by molar-refractivity contribution is 7.13. The van der Waals surface area contributed by atoms with E-state index in [-0.39, 0.29) is 5.69 Å². The first-order valence-corrected chi connectivity index (χ1v) is 6.92. The highest BCUT2D eigenvalue weighted by Crippen LogP contribution is 2.21. The second kappa shape index (κ2) is 6.64. The molecule has 1 aromatic heterocycles. The number of rotatable bonds is 5. The van der Waals surface area contributed by atoms with E-state index in [2.05, 4.69) is 10.3 Å². The Morgan fingerprint density at radius 1 is 1.50 bits per heavy atom. The molecule has 1 atom stereocenters. The van der Waals surface area contributed by atoms with Gasteiger partial charge in [-0.3, -0.25) is 4.79 Å². The number of carbonyl (C=O) groups is 2. The largest absolute Gasteiger partial charge is 0.480 e. The van der Waals surface area contributed by atoms with Gasteiger partial charge in [0.1, 0.15) is 5.69 Å². The smallest absolute Gasteiger partial charge is 0.328 e. The number of hydrogen-bond acceptors (Lipinski definition) is 7. The van der Waals surface area contributed by atoms with Gasteiger partial charge in [0, 0.05) is 18.5 Å². The zero-order valence-electron chi connectivity index (χ0n) is 10.6. The maximum Gasteiger partial charge on any atom is 0.328 e. The first-order valence-electron chi connectivity index (χ1n) is 6.04. The number of hydrogen-bond donors (Lipinski definition) is 3. The SMILES string of the molecule is O=C(N[C@@H](CO)C(=O)O)c1csc(N2CCOCC2)n1. The van der Waals surface area contributed by atoms with E-state index in [1.165, 1.54) is 11.3 Å². The second-order valence-corrected chi connectivity index (χ2v) is 5.00. The topological polar surface area (TPSA) is 112 Å². The fourth-order valence-electron chi connectivity index (χ4n) is 1.69. The Labute approximate surface area is 119 Å². The summed E-state index contributed by atoms with van der Waals surface area (Å²) in [6.07, 6.45) is 0. The van der Waals surface area contributed by atoms with Crippen molar-refractivity contribution in [3.63, 3.8) is 0 Å². The van der Waals surface area contributed by atoms with Crippen molar-refractivity contribution in [2.75, 3.05) is 37.8 Å². The third-order valence-corrected chi connectivity index (χ3v) is 3.69. The molecule has 1 amide bonds. The standard InChI is InChI=1S/C11H15N3O5S/c15-5-7(10(17)18)12-9(16)8-6-20-11(13-8)14-1-3-19-4-2-14/h6-7,15H,1-5H2,(H,12,16)(H,17,18)/t7-/m0/s1. The minimum Gasteiger partial charge on any atom is -0.480 e. The zero-order chi connectivity index (χ0) is 14.5. The maximum atomic E-state index is 11.8. The highest BCUT2D eigenvalue weighted by atomic mass is 32.1. The van der Waals surface area contributed by atoms with Gasteiger partial charge in [0.05, 0.1) is 19.8 Å². The number of aromatic nitrogens is 1. The lowest BCUT2D eigenvalue weighted by atomic mass is 10.3. The lowest BCUT2D eigenvalue weighted by Crippen LogP contribution is -2.43. The van der Waals surface area contributed by atoms with Gasteiger partial charge >= 0.3 is 5.97 Å². The van der Waals surface area contributed by atoms with Gasteiger partial charge in [-0.15, -0.1) is 11.3 Å². The molecule has 0 radical (unpaired) electrons. The molecule has 0 aromatic carbocycles. The molecule has 1 saturated heterocycles. The van der Waals surface area contributed by atoms with Crippen LogP contribution in [0.25, 0.3) is 0 Å². The van der Waals surface area contributed by atoms with Gasteiger partial charge in [0.25, 0.3) is 5.91 Å². The van der Waals surface area contributed by atoms with E-state index < -0.39 is 24.5 Å². The van der Waals surface area contributed by atoms with Gasteiger partial charge in [-0.1, -0.05) is 0 Å². The molecule has 0 unspecified atom stereocenters. The summed E-state index contributed by atoms with van der Waals surface area (Å²) in [6, 6.07) is -1.32. The number of thiazole rings is 1. The van der Waals surface area contributed by atoms with Crippen LogP contribution >= 0.6 is 11.3 Å². The summed E-state index contributed by atoms with van der Waals surface area (Å²) in [5.74, 6) is -1.90. The summed E-state index contributed by atoms with van der Waals surface area (Å²) < 4.78 is 5.23. The van der Waals surface area contributed by atoms with Crippen molar-refractivity contribution >= 4 is 28.3 Å². The Bertz CT molecular complexity index is 486. The number of aliphatic hydroxyl groups excluding tert-OH is 1. The summed E-state index contributed by atoms with van der Waals surface area (Å²) in [6.45, 7) is 1.99. The van der Waals surface area contributed by atoms with Crippen LogP contribution in [0.2, 0.25) is 0 Å². The number of anilines is 1. The number of carboxylic acids is 1. The molecular weight excluding hydrogens is 286 g/mol. The molecule has 2 rings (SSSR count). The van der Waals surface area contributed by atoms with Crippen LogP contribution in [0.1, 0.15) is 10.5 Å². The maximum absolute atomic E-state index is 11.8. The monoisotopic (exact) mass is 301 g/mol. The number of morpholine rings is 1. The highest BCUT2D eigenvalue weighted by Gasteiger charge is 2.22. The van der Waals surface area contributed by atoms with Crippen molar-refractivity contribution in [3.05, 3.63) is 11.1 Å². The van der Waals surface area contributed by atoms with Crippen molar-refractivity contribution in [1.82, 2.24) is 10.3 Å². The van der Waals surface area contributed by atoms with Crippen LogP contribution in [0, 0.1) is 0 Å². The number of carboxylic acid groups (broad SMARTS) is 1. The molecule has 1 aliphatic rings. The van der Waals surface area contributed by atoms with Crippen molar-refractivity contribution in [3.8, 4) is 0 Å². The summed E-state index contributed by atoms with van der Waals surface area (Å²) in [4.78, 5) is 28.8. The molecule has 2 heterocycles. The molecule has 0 bridgehead atoms. The first-order chi connectivity index (χ1) is 9.61. The van der Waals surface area contributed by atoms with E-state index in [0.29, 0.717) is 31.4 Å². The van der Waals surface area contributed by atoms with Crippen LogP contribution in [0.3, 0.4) is 0 Å². The van der Waals surface area contributed by atoms with Crippen LogP contribution in [0.4, 0.5) is 5.13 Å². The Balaban J connectivity index is 2.00. The minimum absolute atomic E-state index is 0.149. The molecule has 1 fully saturated rings. The molecule has 0 aliphatic carbocycles. The van der Waals surface area contributed by atoms with Crippen molar-refractivity contribution in [1.29, 1.82) is 0 Å². The molecule has 9 heteroatoms. The van der Waals surface area contributed by atoms with Crippen LogP contribution < -0.4 is 10.2 Å². The lowest BCUT2D eigenvalue weighted by molar-refractivity contribution is -0.140. The molecule has 0 spiro atoms. The predicted molar refractivity (Wildman–Crippen MR) is 71.1 cm³/mol. The zero-order valence-corrected chi connectivity index (χ0v) is 11.4. The second-order valence-electron chi connectivity index (χ2n) is 4.16. The Kier molecular flexibility index (Phi) is 4.88. The summed E-state index contributed by atoms with van der Waals surface area (Å²) in [5.41, 5.74) is 0.149. The number of aliphatic carboxylic acids is 1. The normalized spacial score (nSPS) is 16.8. The van der Waals surface area contributed by atoms with E-state index in [0.717, 1.165) is 0 Å². The average Bonchev–Trinajstić information content (AvgIpc) is 2.95. The van der Waals surface area contributed by atoms with Crippen molar-refractivity contribution < 1.29 is 24.5 Å². The van der Waals surface area contributed by atoms with E-state index in [1.54, 1.807) is 5.38 Å². The fourth-order valence-corrected chi connectivity index (χ4v) is 2.55. The number of amides is 1. The van der Waals surface area contributed by atoms with Gasteiger partial charge in [-0.25, -0.2) is 9.78 Å². The molecule has 1 aromatic rings. The number of aliphatic hydroxyl groups is 1. The Morgan fingerprint density at radius 3 is 2.80 bits per heavy atom. The number of nitrogens with zero attached hydrogens (tertiary/aromatic N) is 2.